The van der Waals surface area contributed by atoms with E-state index in [4.69, 9.17) is 33.8 Å². The maximum absolute atomic E-state index is 6.20. The molecule has 0 amide bonds. The molecule has 2 aromatic carbocycles. The van der Waals surface area contributed by atoms with E-state index in [1.807, 2.05) is 37.3 Å². The Labute approximate surface area is 135 Å². The minimum Gasteiger partial charge on any atom is -0.494 e. The van der Waals surface area contributed by atoms with Gasteiger partial charge in [0.15, 0.2) is 0 Å². The van der Waals surface area contributed by atoms with Gasteiger partial charge in [0.05, 0.1) is 12.6 Å². The highest BCUT2D eigenvalue weighted by atomic mass is 35.5. The van der Waals surface area contributed by atoms with Gasteiger partial charge < -0.3 is 4.74 Å². The van der Waals surface area contributed by atoms with E-state index in [0.717, 1.165) is 16.9 Å². The first-order chi connectivity index (χ1) is 10.1. The van der Waals surface area contributed by atoms with Gasteiger partial charge in [-0.25, -0.2) is 0 Å². The minimum absolute atomic E-state index is 0.0448. The van der Waals surface area contributed by atoms with Crippen LogP contribution in [-0.2, 0) is 6.42 Å². The Bertz CT molecular complexity index is 587. The van der Waals surface area contributed by atoms with Crippen LogP contribution in [-0.4, -0.2) is 6.61 Å². The van der Waals surface area contributed by atoms with Gasteiger partial charge in [-0.05, 0) is 54.8 Å². The molecule has 0 spiro atoms. The van der Waals surface area contributed by atoms with Gasteiger partial charge in [-0.3, -0.25) is 11.3 Å². The largest absolute Gasteiger partial charge is 0.494 e. The van der Waals surface area contributed by atoms with Crippen molar-refractivity contribution in [2.45, 2.75) is 19.4 Å². The number of hydrogen-bond donors (Lipinski definition) is 2. The number of hydrazine groups is 1. The van der Waals surface area contributed by atoms with E-state index in [1.165, 1.54) is 0 Å². The molecular formula is C16H18Cl2N2O. The summed E-state index contributed by atoms with van der Waals surface area (Å²) in [5.74, 6) is 6.53. The Balaban J connectivity index is 2.17. The number of ether oxygens (including phenoxy) is 1. The van der Waals surface area contributed by atoms with Crippen LogP contribution in [0, 0.1) is 0 Å². The zero-order chi connectivity index (χ0) is 15.2. The summed E-state index contributed by atoms with van der Waals surface area (Å²) in [7, 11) is 0. The number of hydrogen-bond acceptors (Lipinski definition) is 3. The second-order valence-corrected chi connectivity index (χ2v) is 5.50. The van der Waals surface area contributed by atoms with Crippen molar-refractivity contribution in [2.24, 2.45) is 5.84 Å². The molecule has 0 saturated carbocycles. The van der Waals surface area contributed by atoms with Gasteiger partial charge in [-0.15, -0.1) is 0 Å². The first-order valence-corrected chi connectivity index (χ1v) is 7.52. The summed E-state index contributed by atoms with van der Waals surface area (Å²) in [4.78, 5) is 0. The van der Waals surface area contributed by atoms with Crippen molar-refractivity contribution < 1.29 is 4.74 Å². The topological polar surface area (TPSA) is 47.3 Å². The Morgan fingerprint density at radius 1 is 1.14 bits per heavy atom. The molecular weight excluding hydrogens is 307 g/mol. The maximum atomic E-state index is 6.20. The smallest absolute Gasteiger partial charge is 0.119 e. The average Bonchev–Trinajstić information content (AvgIpc) is 2.49. The highest BCUT2D eigenvalue weighted by molar-refractivity contribution is 6.33. The van der Waals surface area contributed by atoms with Crippen molar-refractivity contribution in [3.05, 3.63) is 63.6 Å². The molecule has 0 heterocycles. The van der Waals surface area contributed by atoms with Crippen molar-refractivity contribution in [1.29, 1.82) is 0 Å². The summed E-state index contributed by atoms with van der Waals surface area (Å²) >= 11 is 12.2. The second-order valence-electron chi connectivity index (χ2n) is 4.66. The van der Waals surface area contributed by atoms with E-state index in [0.29, 0.717) is 23.1 Å². The molecule has 0 radical (unpaired) electrons. The first kappa shape index (κ1) is 16.1. The van der Waals surface area contributed by atoms with E-state index in [1.54, 1.807) is 12.1 Å². The van der Waals surface area contributed by atoms with E-state index >= 15 is 0 Å². The van der Waals surface area contributed by atoms with Gasteiger partial charge in [0.1, 0.15) is 5.75 Å². The summed E-state index contributed by atoms with van der Waals surface area (Å²) in [5.41, 5.74) is 4.85. The molecule has 1 atom stereocenters. The lowest BCUT2D eigenvalue weighted by molar-refractivity contribution is 0.340. The zero-order valence-corrected chi connectivity index (χ0v) is 13.3. The van der Waals surface area contributed by atoms with Gasteiger partial charge in [-0.2, -0.15) is 0 Å². The minimum atomic E-state index is -0.0448. The Hall–Kier alpha value is -1.26. The fourth-order valence-corrected chi connectivity index (χ4v) is 2.55. The first-order valence-electron chi connectivity index (χ1n) is 6.77. The van der Waals surface area contributed by atoms with E-state index < -0.39 is 0 Å². The third-order valence-electron chi connectivity index (χ3n) is 3.23. The summed E-state index contributed by atoms with van der Waals surface area (Å²) in [6.45, 7) is 2.61. The van der Waals surface area contributed by atoms with Crippen molar-refractivity contribution in [2.75, 3.05) is 6.61 Å². The SMILES string of the molecule is CCOc1ccc(C(Cc2cc(Cl)ccc2Cl)NN)cc1. The molecule has 0 aliphatic rings. The summed E-state index contributed by atoms with van der Waals surface area (Å²) in [6.07, 6.45) is 0.657. The van der Waals surface area contributed by atoms with E-state index in [9.17, 15) is 0 Å². The number of halogens is 2. The Morgan fingerprint density at radius 2 is 1.86 bits per heavy atom. The zero-order valence-electron chi connectivity index (χ0n) is 11.8. The predicted molar refractivity (Wildman–Crippen MR) is 87.8 cm³/mol. The third kappa shape index (κ3) is 4.35. The molecule has 112 valence electrons. The summed E-state index contributed by atoms with van der Waals surface area (Å²) in [5, 5.41) is 1.35. The second kappa shape index (κ2) is 7.66. The fraction of sp³-hybridized carbons (Fsp3) is 0.250. The fourth-order valence-electron chi connectivity index (χ4n) is 2.16. The summed E-state index contributed by atoms with van der Waals surface area (Å²) < 4.78 is 5.44. The van der Waals surface area contributed by atoms with Crippen molar-refractivity contribution >= 4 is 23.2 Å². The third-order valence-corrected chi connectivity index (χ3v) is 3.83. The van der Waals surface area contributed by atoms with Gasteiger partial charge in [-0.1, -0.05) is 35.3 Å². The van der Waals surface area contributed by atoms with Crippen LogP contribution in [0.2, 0.25) is 10.0 Å². The lowest BCUT2D eigenvalue weighted by Gasteiger charge is -2.18. The molecule has 0 aliphatic heterocycles. The molecule has 0 bridgehead atoms. The standard InChI is InChI=1S/C16H18Cl2N2O/c1-2-21-14-6-3-11(4-7-14)16(20-19)10-12-9-13(17)5-8-15(12)18/h3-9,16,20H,2,10,19H2,1H3. The lowest BCUT2D eigenvalue weighted by atomic mass is 9.99. The molecule has 0 saturated heterocycles. The number of nitrogens with two attached hydrogens (primary N) is 1. The highest BCUT2D eigenvalue weighted by Crippen LogP contribution is 2.26. The van der Waals surface area contributed by atoms with E-state index in [-0.39, 0.29) is 6.04 Å². The highest BCUT2D eigenvalue weighted by Gasteiger charge is 2.13. The molecule has 21 heavy (non-hydrogen) atoms. The van der Waals surface area contributed by atoms with E-state index in [2.05, 4.69) is 5.43 Å². The molecule has 0 aromatic heterocycles. The molecule has 3 N–H and O–H groups in total. The van der Waals surface area contributed by atoms with Crippen LogP contribution in [0.15, 0.2) is 42.5 Å². The monoisotopic (exact) mass is 324 g/mol. The van der Waals surface area contributed by atoms with Crippen molar-refractivity contribution in [1.82, 2.24) is 5.43 Å². The van der Waals surface area contributed by atoms with Crippen LogP contribution in [0.1, 0.15) is 24.1 Å². The quantitative estimate of drug-likeness (QED) is 0.620. The van der Waals surface area contributed by atoms with Crippen LogP contribution >= 0.6 is 23.2 Å². The van der Waals surface area contributed by atoms with Crippen molar-refractivity contribution in [3.63, 3.8) is 0 Å². The number of rotatable bonds is 6. The maximum Gasteiger partial charge on any atom is 0.119 e. The van der Waals surface area contributed by atoms with Crippen LogP contribution in [0.3, 0.4) is 0 Å². The number of nitrogens with one attached hydrogen (secondary N) is 1. The molecule has 3 nitrogen and oxygen atoms in total. The average molecular weight is 325 g/mol. The lowest BCUT2D eigenvalue weighted by Crippen LogP contribution is -2.29. The normalized spacial score (nSPS) is 12.2. The predicted octanol–water partition coefficient (Wildman–Crippen LogP) is 4.14. The van der Waals surface area contributed by atoms with Gasteiger partial charge in [0.25, 0.3) is 0 Å². The molecule has 2 rings (SSSR count). The molecule has 2 aromatic rings. The van der Waals surface area contributed by atoms with Gasteiger partial charge in [0.2, 0.25) is 0 Å². The van der Waals surface area contributed by atoms with Crippen LogP contribution in [0.4, 0.5) is 0 Å². The van der Waals surface area contributed by atoms with Crippen LogP contribution in [0.25, 0.3) is 0 Å². The molecule has 0 aliphatic carbocycles. The Morgan fingerprint density at radius 3 is 2.48 bits per heavy atom. The van der Waals surface area contributed by atoms with Gasteiger partial charge in [0, 0.05) is 10.0 Å². The molecule has 0 fully saturated rings. The molecule has 1 unspecified atom stereocenters. The van der Waals surface area contributed by atoms with Crippen LogP contribution in [0.5, 0.6) is 5.75 Å². The Kier molecular flexibility index (Phi) is 5.88. The number of benzene rings is 2. The molecule has 5 heteroatoms. The van der Waals surface area contributed by atoms with Crippen molar-refractivity contribution in [3.8, 4) is 5.75 Å². The van der Waals surface area contributed by atoms with Gasteiger partial charge >= 0.3 is 0 Å². The van der Waals surface area contributed by atoms with Crippen LogP contribution < -0.4 is 16.0 Å². The summed E-state index contributed by atoms with van der Waals surface area (Å²) in [6, 6.07) is 13.2.